The van der Waals surface area contributed by atoms with Gasteiger partial charge in [0.25, 0.3) is 0 Å². The number of thioether (sulfide) groups is 1. The first-order valence-corrected chi connectivity index (χ1v) is 11.4. The zero-order valence-electron chi connectivity index (χ0n) is 16.7. The van der Waals surface area contributed by atoms with Crippen molar-refractivity contribution in [2.45, 2.75) is 43.5 Å². The van der Waals surface area contributed by atoms with Gasteiger partial charge in [0.2, 0.25) is 5.89 Å². The molecule has 8 nitrogen and oxygen atoms in total. The molecule has 1 fully saturated rings. The Bertz CT molecular complexity index is 949. The summed E-state index contributed by atoms with van der Waals surface area (Å²) in [7, 11) is 0. The van der Waals surface area contributed by atoms with Crippen molar-refractivity contribution in [3.05, 3.63) is 18.0 Å². The highest BCUT2D eigenvalue weighted by Crippen LogP contribution is 2.33. The van der Waals surface area contributed by atoms with Gasteiger partial charge in [-0.3, -0.25) is 4.90 Å². The van der Waals surface area contributed by atoms with E-state index in [2.05, 4.69) is 55.7 Å². The summed E-state index contributed by atoms with van der Waals surface area (Å²) in [5.41, 5.74) is 0.672. The van der Waals surface area contributed by atoms with Crippen molar-refractivity contribution in [2.24, 2.45) is 0 Å². The summed E-state index contributed by atoms with van der Waals surface area (Å²) in [6.07, 6.45) is 4.72. The minimum Gasteiger partial charge on any atom is -0.354 e. The fourth-order valence-electron chi connectivity index (χ4n) is 3.20. The Morgan fingerprint density at radius 3 is 2.75 bits per heavy atom. The molecular formula is C18H25N7OS2. The molecule has 0 amide bonds. The zero-order chi connectivity index (χ0) is 19.7. The highest BCUT2D eigenvalue weighted by atomic mass is 32.2. The van der Waals surface area contributed by atoms with Crippen molar-refractivity contribution < 1.29 is 4.52 Å². The van der Waals surface area contributed by atoms with Gasteiger partial charge in [-0.15, -0.1) is 11.3 Å². The fourth-order valence-corrected chi connectivity index (χ4v) is 4.73. The van der Waals surface area contributed by atoms with Crippen LogP contribution in [0.15, 0.2) is 15.2 Å². The molecule has 10 heteroatoms. The predicted octanol–water partition coefficient (Wildman–Crippen LogP) is 3.20. The van der Waals surface area contributed by atoms with Crippen LogP contribution in [0.5, 0.6) is 0 Å². The molecular weight excluding hydrogens is 394 g/mol. The maximum atomic E-state index is 5.43. The monoisotopic (exact) mass is 419 g/mol. The third-order valence-electron chi connectivity index (χ3n) is 4.69. The lowest BCUT2D eigenvalue weighted by molar-refractivity contribution is 0.269. The van der Waals surface area contributed by atoms with E-state index >= 15 is 0 Å². The summed E-state index contributed by atoms with van der Waals surface area (Å²) in [6.45, 7) is 10.8. The smallest absolute Gasteiger partial charge is 0.232 e. The van der Waals surface area contributed by atoms with Gasteiger partial charge in [-0.2, -0.15) is 4.98 Å². The molecule has 0 spiro atoms. The van der Waals surface area contributed by atoms with Crippen LogP contribution in [-0.4, -0.2) is 62.4 Å². The highest BCUT2D eigenvalue weighted by Gasteiger charge is 2.24. The molecule has 3 aromatic heterocycles. The third kappa shape index (κ3) is 4.13. The predicted molar refractivity (Wildman–Crippen MR) is 112 cm³/mol. The molecule has 0 bridgehead atoms. The molecule has 1 saturated heterocycles. The van der Waals surface area contributed by atoms with Gasteiger partial charge in [0, 0.05) is 31.6 Å². The van der Waals surface area contributed by atoms with E-state index in [1.165, 1.54) is 0 Å². The van der Waals surface area contributed by atoms with Gasteiger partial charge in [0.1, 0.15) is 11.0 Å². The molecule has 1 aliphatic rings. The Balaban J connectivity index is 1.46. The largest absolute Gasteiger partial charge is 0.354 e. The molecule has 150 valence electrons. The van der Waals surface area contributed by atoms with E-state index in [1.807, 2.05) is 6.26 Å². The van der Waals surface area contributed by atoms with Gasteiger partial charge >= 0.3 is 0 Å². The standard InChI is InChI=1S/C18H25N7OS2/c1-18(2,3)16-21-12(23-26-16)10-24-6-5-7-25(9-8-24)15-13-14(19-11-20-15)22-17(27-4)28-13/h11H,5-10H2,1-4H3. The van der Waals surface area contributed by atoms with Crippen LogP contribution in [0.25, 0.3) is 10.3 Å². The number of thiazole rings is 1. The molecule has 0 aromatic carbocycles. The van der Waals surface area contributed by atoms with E-state index in [1.54, 1.807) is 29.4 Å². The van der Waals surface area contributed by atoms with Crippen molar-refractivity contribution in [3.63, 3.8) is 0 Å². The van der Waals surface area contributed by atoms with E-state index in [4.69, 9.17) is 4.52 Å². The second-order valence-electron chi connectivity index (χ2n) is 7.92. The fraction of sp³-hybridized carbons (Fsp3) is 0.611. The average Bonchev–Trinajstić information content (AvgIpc) is 3.24. The SMILES string of the molecule is CSc1nc2ncnc(N3CCCN(Cc4noc(C(C)(C)C)n4)CC3)c2s1. The number of rotatable bonds is 4. The van der Waals surface area contributed by atoms with Crippen LogP contribution in [-0.2, 0) is 12.0 Å². The minimum atomic E-state index is -0.121. The number of hydrogen-bond donors (Lipinski definition) is 0. The third-order valence-corrected chi connectivity index (χ3v) is 6.72. The Labute approximate surface area is 172 Å². The molecule has 3 aromatic rings. The van der Waals surface area contributed by atoms with E-state index in [-0.39, 0.29) is 5.41 Å². The van der Waals surface area contributed by atoms with Crippen molar-refractivity contribution in [3.8, 4) is 0 Å². The van der Waals surface area contributed by atoms with Crippen LogP contribution >= 0.6 is 23.1 Å². The van der Waals surface area contributed by atoms with Crippen LogP contribution in [0.3, 0.4) is 0 Å². The molecule has 0 radical (unpaired) electrons. The van der Waals surface area contributed by atoms with Gasteiger partial charge in [0.15, 0.2) is 21.6 Å². The topological polar surface area (TPSA) is 84.1 Å². The zero-order valence-corrected chi connectivity index (χ0v) is 18.3. The molecule has 0 atom stereocenters. The van der Waals surface area contributed by atoms with E-state index in [9.17, 15) is 0 Å². The number of fused-ring (bicyclic) bond motifs is 1. The van der Waals surface area contributed by atoms with Crippen LogP contribution < -0.4 is 4.90 Å². The lowest BCUT2D eigenvalue weighted by Crippen LogP contribution is -2.31. The van der Waals surface area contributed by atoms with Crippen LogP contribution in [0.1, 0.15) is 38.9 Å². The van der Waals surface area contributed by atoms with Gasteiger partial charge < -0.3 is 9.42 Å². The van der Waals surface area contributed by atoms with Crippen LogP contribution in [0.2, 0.25) is 0 Å². The Hall–Kier alpha value is -1.78. The van der Waals surface area contributed by atoms with Gasteiger partial charge in [-0.05, 0) is 12.7 Å². The summed E-state index contributed by atoms with van der Waals surface area (Å²) in [5.74, 6) is 2.45. The van der Waals surface area contributed by atoms with E-state index in [0.29, 0.717) is 12.4 Å². The van der Waals surface area contributed by atoms with Crippen molar-refractivity contribution in [2.75, 3.05) is 37.3 Å². The second kappa shape index (κ2) is 7.92. The first-order valence-electron chi connectivity index (χ1n) is 9.40. The molecule has 0 unspecified atom stereocenters. The Morgan fingerprint density at radius 2 is 2.00 bits per heavy atom. The lowest BCUT2D eigenvalue weighted by Gasteiger charge is -2.22. The van der Waals surface area contributed by atoms with Gasteiger partial charge in [-0.1, -0.05) is 37.7 Å². The van der Waals surface area contributed by atoms with E-state index < -0.39 is 0 Å². The van der Waals surface area contributed by atoms with Crippen molar-refractivity contribution >= 4 is 39.3 Å². The van der Waals surface area contributed by atoms with Crippen molar-refractivity contribution in [1.29, 1.82) is 0 Å². The maximum absolute atomic E-state index is 5.43. The minimum absolute atomic E-state index is 0.121. The number of nitrogens with zero attached hydrogens (tertiary/aromatic N) is 7. The molecule has 0 N–H and O–H groups in total. The second-order valence-corrected chi connectivity index (χ2v) is 9.97. The molecule has 1 aliphatic heterocycles. The van der Waals surface area contributed by atoms with Gasteiger partial charge in [0.05, 0.1) is 6.54 Å². The first kappa shape index (κ1) is 19.5. The van der Waals surface area contributed by atoms with Crippen LogP contribution in [0.4, 0.5) is 5.82 Å². The summed E-state index contributed by atoms with van der Waals surface area (Å²) in [4.78, 5) is 22.8. The maximum Gasteiger partial charge on any atom is 0.232 e. The van der Waals surface area contributed by atoms with Crippen LogP contribution in [0, 0.1) is 0 Å². The molecule has 4 heterocycles. The highest BCUT2D eigenvalue weighted by molar-refractivity contribution is 8.00. The molecule has 0 saturated carbocycles. The van der Waals surface area contributed by atoms with E-state index in [0.717, 1.165) is 58.9 Å². The average molecular weight is 420 g/mol. The number of aromatic nitrogens is 5. The molecule has 28 heavy (non-hydrogen) atoms. The van der Waals surface area contributed by atoms with Crippen molar-refractivity contribution in [1.82, 2.24) is 30.0 Å². The van der Waals surface area contributed by atoms with Gasteiger partial charge in [-0.25, -0.2) is 15.0 Å². The number of anilines is 1. The summed E-state index contributed by atoms with van der Waals surface area (Å²) < 4.78 is 7.54. The Kier molecular flexibility index (Phi) is 5.52. The quantitative estimate of drug-likeness (QED) is 0.592. The lowest BCUT2D eigenvalue weighted by atomic mass is 9.97. The Morgan fingerprint density at radius 1 is 1.14 bits per heavy atom. The molecule has 0 aliphatic carbocycles. The molecule has 4 rings (SSSR count). The summed E-state index contributed by atoms with van der Waals surface area (Å²) in [6, 6.07) is 0. The number of hydrogen-bond acceptors (Lipinski definition) is 10. The first-order chi connectivity index (χ1) is 13.4. The normalized spacial score (nSPS) is 16.6. The summed E-state index contributed by atoms with van der Waals surface area (Å²) >= 11 is 3.32. The summed E-state index contributed by atoms with van der Waals surface area (Å²) in [5, 5.41) is 4.17.